The molecule has 0 radical (unpaired) electrons. The molecule has 1 heterocycles. The summed E-state index contributed by atoms with van der Waals surface area (Å²) in [6.07, 6.45) is -1.79. The Labute approximate surface area is 167 Å². The van der Waals surface area contributed by atoms with Crippen molar-refractivity contribution in [3.8, 4) is 0 Å². The molecule has 2 aromatic carbocycles. The van der Waals surface area contributed by atoms with Crippen LogP contribution in [0.4, 0.5) is 18.9 Å². The quantitative estimate of drug-likeness (QED) is 0.704. The average molecular weight is 404 g/mol. The van der Waals surface area contributed by atoms with Crippen LogP contribution in [-0.4, -0.2) is 24.9 Å². The van der Waals surface area contributed by atoms with E-state index < -0.39 is 17.7 Å². The number of hydrogen-bond acceptors (Lipinski definition) is 2. The Morgan fingerprint density at radius 2 is 1.83 bits per heavy atom. The van der Waals surface area contributed by atoms with Gasteiger partial charge in [0.1, 0.15) is 0 Å². The summed E-state index contributed by atoms with van der Waals surface area (Å²) < 4.78 is 38.7. The molecule has 4 nitrogen and oxygen atoms in total. The van der Waals surface area contributed by atoms with Crippen LogP contribution < -0.4 is 10.2 Å². The minimum atomic E-state index is -4.48. The van der Waals surface area contributed by atoms with Gasteiger partial charge in [-0.25, -0.2) is 0 Å². The zero-order valence-electron chi connectivity index (χ0n) is 15.9. The van der Waals surface area contributed by atoms with E-state index in [1.54, 1.807) is 0 Å². The first-order chi connectivity index (χ1) is 13.8. The van der Waals surface area contributed by atoms with Gasteiger partial charge in [0.15, 0.2) is 0 Å². The number of aryl methyl sites for hydroxylation is 1. The third-order valence-electron chi connectivity index (χ3n) is 5.02. The highest BCUT2D eigenvalue weighted by molar-refractivity contribution is 6.00. The van der Waals surface area contributed by atoms with Crippen molar-refractivity contribution in [2.45, 2.75) is 31.9 Å². The second-order valence-corrected chi connectivity index (χ2v) is 7.19. The van der Waals surface area contributed by atoms with Crippen LogP contribution in [0.5, 0.6) is 0 Å². The van der Waals surface area contributed by atoms with E-state index >= 15 is 0 Å². The van der Waals surface area contributed by atoms with Crippen molar-refractivity contribution in [1.82, 2.24) is 5.32 Å². The lowest BCUT2D eigenvalue weighted by molar-refractivity contribution is -0.137. The lowest BCUT2D eigenvalue weighted by atomic mass is 10.1. The van der Waals surface area contributed by atoms with Crippen molar-refractivity contribution in [2.75, 3.05) is 18.0 Å². The number of unbranched alkanes of at least 4 members (excludes halogenated alkanes) is 1. The van der Waals surface area contributed by atoms with E-state index in [2.05, 4.69) is 17.4 Å². The molecule has 29 heavy (non-hydrogen) atoms. The maximum Gasteiger partial charge on any atom is 0.416 e. The molecule has 0 saturated carbocycles. The third-order valence-corrected chi connectivity index (χ3v) is 5.02. The van der Waals surface area contributed by atoms with Gasteiger partial charge in [0.25, 0.3) is 0 Å². The second kappa shape index (κ2) is 9.11. The molecule has 0 spiro atoms. The number of halogens is 3. The zero-order chi connectivity index (χ0) is 20.9. The zero-order valence-corrected chi connectivity index (χ0v) is 15.9. The van der Waals surface area contributed by atoms with Gasteiger partial charge in [-0.3, -0.25) is 9.59 Å². The number of benzene rings is 2. The highest BCUT2D eigenvalue weighted by Gasteiger charge is 2.36. The Morgan fingerprint density at radius 1 is 1.07 bits per heavy atom. The SMILES string of the molecule is O=C(NCCCCc1ccccc1)[C@H]1CC(=O)N(c2cccc(C(F)(F)F)c2)C1. The standard InChI is InChI=1S/C22H23F3N2O2/c23-22(24,25)18-10-6-11-19(14-18)27-15-17(13-20(27)28)21(29)26-12-5-4-9-16-7-2-1-3-8-16/h1-3,6-8,10-11,14,17H,4-5,9,12-13,15H2,(H,26,29)/t17-/m0/s1. The van der Waals surface area contributed by atoms with Crippen LogP contribution in [0.1, 0.15) is 30.4 Å². The van der Waals surface area contributed by atoms with Gasteiger partial charge in [-0.2, -0.15) is 13.2 Å². The summed E-state index contributed by atoms with van der Waals surface area (Å²) in [4.78, 5) is 25.9. The molecule has 154 valence electrons. The molecule has 2 aromatic rings. The fourth-order valence-corrected chi connectivity index (χ4v) is 3.44. The van der Waals surface area contributed by atoms with Crippen LogP contribution in [-0.2, 0) is 22.2 Å². The van der Waals surface area contributed by atoms with Gasteiger partial charge in [-0.1, -0.05) is 36.4 Å². The molecule has 1 aliphatic heterocycles. The van der Waals surface area contributed by atoms with Gasteiger partial charge in [0.05, 0.1) is 11.5 Å². The van der Waals surface area contributed by atoms with Crippen molar-refractivity contribution in [1.29, 1.82) is 0 Å². The van der Waals surface area contributed by atoms with Crippen LogP contribution in [0.3, 0.4) is 0 Å². The molecule has 1 fully saturated rings. The number of nitrogens with one attached hydrogen (secondary N) is 1. The number of hydrogen-bond donors (Lipinski definition) is 1. The van der Waals surface area contributed by atoms with Gasteiger partial charge in [-0.05, 0) is 43.0 Å². The Bertz CT molecular complexity index is 853. The van der Waals surface area contributed by atoms with Crippen molar-refractivity contribution in [2.24, 2.45) is 5.92 Å². The molecule has 1 saturated heterocycles. The fourth-order valence-electron chi connectivity index (χ4n) is 3.44. The van der Waals surface area contributed by atoms with Crippen LogP contribution in [0, 0.1) is 5.92 Å². The highest BCUT2D eigenvalue weighted by Crippen LogP contribution is 2.33. The molecule has 1 aliphatic rings. The molecule has 7 heteroatoms. The summed E-state index contributed by atoms with van der Waals surface area (Å²) in [5, 5.41) is 2.84. The molecule has 0 aromatic heterocycles. The van der Waals surface area contributed by atoms with Gasteiger partial charge in [0.2, 0.25) is 11.8 Å². The van der Waals surface area contributed by atoms with Crippen LogP contribution >= 0.6 is 0 Å². The van der Waals surface area contributed by atoms with Crippen molar-refractivity contribution >= 4 is 17.5 Å². The van der Waals surface area contributed by atoms with Crippen LogP contribution in [0.15, 0.2) is 54.6 Å². The number of alkyl halides is 3. The minimum Gasteiger partial charge on any atom is -0.356 e. The maximum absolute atomic E-state index is 12.9. The van der Waals surface area contributed by atoms with Crippen LogP contribution in [0.25, 0.3) is 0 Å². The molecular weight excluding hydrogens is 381 g/mol. The first-order valence-corrected chi connectivity index (χ1v) is 9.64. The third kappa shape index (κ3) is 5.59. The summed E-state index contributed by atoms with van der Waals surface area (Å²) in [6.45, 7) is 0.607. The molecule has 0 aliphatic carbocycles. The molecule has 0 unspecified atom stereocenters. The second-order valence-electron chi connectivity index (χ2n) is 7.19. The summed E-state index contributed by atoms with van der Waals surface area (Å²) in [6, 6.07) is 14.7. The normalized spacial score (nSPS) is 16.9. The number of anilines is 1. The van der Waals surface area contributed by atoms with E-state index in [9.17, 15) is 22.8 Å². The average Bonchev–Trinajstić information content (AvgIpc) is 3.10. The number of nitrogens with zero attached hydrogens (tertiary/aromatic N) is 1. The van der Waals surface area contributed by atoms with E-state index in [0.717, 1.165) is 31.4 Å². The monoisotopic (exact) mass is 404 g/mol. The van der Waals surface area contributed by atoms with Crippen molar-refractivity contribution < 1.29 is 22.8 Å². The minimum absolute atomic E-state index is 0.00605. The van der Waals surface area contributed by atoms with E-state index in [1.165, 1.54) is 22.6 Å². The highest BCUT2D eigenvalue weighted by atomic mass is 19.4. The summed E-state index contributed by atoms with van der Waals surface area (Å²) in [7, 11) is 0. The van der Waals surface area contributed by atoms with Gasteiger partial charge in [-0.15, -0.1) is 0 Å². The number of rotatable bonds is 7. The molecule has 2 amide bonds. The Kier molecular flexibility index (Phi) is 6.56. The predicted molar refractivity (Wildman–Crippen MR) is 104 cm³/mol. The lowest BCUT2D eigenvalue weighted by Gasteiger charge is -2.18. The van der Waals surface area contributed by atoms with Gasteiger partial charge in [0, 0.05) is 25.2 Å². The molecule has 3 rings (SSSR count). The first kappa shape index (κ1) is 20.9. The van der Waals surface area contributed by atoms with Crippen LogP contribution in [0.2, 0.25) is 0 Å². The number of amides is 2. The molecule has 1 N–H and O–H groups in total. The summed E-state index contributed by atoms with van der Waals surface area (Å²) >= 11 is 0. The van der Waals surface area contributed by atoms with Gasteiger partial charge >= 0.3 is 6.18 Å². The number of carbonyl (C=O) groups excluding carboxylic acids is 2. The molecule has 0 bridgehead atoms. The topological polar surface area (TPSA) is 49.4 Å². The van der Waals surface area contributed by atoms with E-state index in [1.807, 2.05) is 18.2 Å². The smallest absolute Gasteiger partial charge is 0.356 e. The summed E-state index contributed by atoms with van der Waals surface area (Å²) in [5.41, 5.74) is 0.606. The Morgan fingerprint density at radius 3 is 2.55 bits per heavy atom. The largest absolute Gasteiger partial charge is 0.416 e. The van der Waals surface area contributed by atoms with E-state index in [0.29, 0.717) is 6.54 Å². The van der Waals surface area contributed by atoms with E-state index in [4.69, 9.17) is 0 Å². The van der Waals surface area contributed by atoms with Gasteiger partial charge < -0.3 is 10.2 Å². The number of carbonyl (C=O) groups is 2. The van der Waals surface area contributed by atoms with E-state index in [-0.39, 0.29) is 30.5 Å². The maximum atomic E-state index is 12.9. The van der Waals surface area contributed by atoms with Crippen molar-refractivity contribution in [3.63, 3.8) is 0 Å². The lowest BCUT2D eigenvalue weighted by Crippen LogP contribution is -2.33. The Hall–Kier alpha value is -2.83. The summed E-state index contributed by atoms with van der Waals surface area (Å²) in [5.74, 6) is -1.12. The fraction of sp³-hybridized carbons (Fsp3) is 0.364. The molecule has 1 atom stereocenters. The Balaban J connectivity index is 1.47. The molecular formula is C22H23F3N2O2. The first-order valence-electron chi connectivity index (χ1n) is 9.64. The van der Waals surface area contributed by atoms with Crippen molar-refractivity contribution in [3.05, 3.63) is 65.7 Å². The predicted octanol–water partition coefficient (Wildman–Crippen LogP) is 4.20.